The summed E-state index contributed by atoms with van der Waals surface area (Å²) in [6.07, 6.45) is 1.90. The Morgan fingerprint density at radius 1 is 1.10 bits per heavy atom. The quantitative estimate of drug-likeness (QED) is 0.124. The lowest BCUT2D eigenvalue weighted by molar-refractivity contribution is -0.137. The molecule has 13 heteroatoms. The molecule has 8 nitrogen and oxygen atoms in total. The average molecular weight is 703 g/mol. The Hall–Kier alpha value is -2.93. The molecule has 4 aromatic rings. The van der Waals surface area contributed by atoms with E-state index in [0.717, 1.165) is 37.3 Å². The van der Waals surface area contributed by atoms with Crippen LogP contribution in [0.2, 0.25) is 30.7 Å². The number of nitrogens with zero attached hydrogens (tertiary/aromatic N) is 6. The van der Waals surface area contributed by atoms with E-state index in [-0.39, 0.29) is 17.4 Å². The van der Waals surface area contributed by atoms with E-state index in [2.05, 4.69) is 48.6 Å². The molecule has 1 aliphatic carbocycles. The van der Waals surface area contributed by atoms with Crippen molar-refractivity contribution < 1.29 is 17.9 Å². The van der Waals surface area contributed by atoms with Crippen LogP contribution in [0, 0.1) is 11.8 Å². The van der Waals surface area contributed by atoms with E-state index < -0.39 is 30.8 Å². The van der Waals surface area contributed by atoms with Gasteiger partial charge in [-0.1, -0.05) is 45.1 Å². The summed E-state index contributed by atoms with van der Waals surface area (Å²) < 4.78 is 54.6. The van der Waals surface area contributed by atoms with Gasteiger partial charge in [-0.05, 0) is 79.9 Å². The topological polar surface area (TPSA) is 70.1 Å². The van der Waals surface area contributed by atoms with E-state index in [9.17, 15) is 18.0 Å². The summed E-state index contributed by atoms with van der Waals surface area (Å²) in [5, 5.41) is 9.23. The fraction of sp³-hybridized carbons (Fsp3) is 0.571. The predicted octanol–water partition coefficient (Wildman–Crippen LogP) is 7.85. The minimum Gasteiger partial charge on any atom is -0.361 e. The number of benzene rings is 1. The third-order valence-electron chi connectivity index (χ3n) is 10.1. The Labute approximate surface area is 285 Å². The highest BCUT2D eigenvalue weighted by Gasteiger charge is 2.49. The van der Waals surface area contributed by atoms with Crippen LogP contribution in [0.3, 0.4) is 0 Å². The van der Waals surface area contributed by atoms with Crippen LogP contribution < -0.4 is 5.56 Å². The number of ether oxygens (including phenoxy) is 1. The number of fused-ring (bicyclic) bond motifs is 1. The summed E-state index contributed by atoms with van der Waals surface area (Å²) in [6.45, 7) is 14.4. The van der Waals surface area contributed by atoms with Gasteiger partial charge in [0.25, 0.3) is 5.56 Å². The Morgan fingerprint density at radius 2 is 1.85 bits per heavy atom. The molecule has 0 unspecified atom stereocenters. The number of likely N-dealkylation sites (tertiary alicyclic amines) is 1. The number of pyridine rings is 1. The van der Waals surface area contributed by atoms with Crippen LogP contribution in [0.1, 0.15) is 62.2 Å². The van der Waals surface area contributed by atoms with Crippen molar-refractivity contribution in [2.45, 2.75) is 90.1 Å². The number of piperidine rings is 1. The highest BCUT2D eigenvalue weighted by molar-refractivity contribution is 6.76. The predicted molar refractivity (Wildman–Crippen MR) is 186 cm³/mol. The number of aryl methyl sites for hydroxylation is 1. The van der Waals surface area contributed by atoms with Crippen LogP contribution in [0.5, 0.6) is 0 Å². The van der Waals surface area contributed by atoms with E-state index in [4.69, 9.17) is 16.3 Å². The zero-order chi connectivity index (χ0) is 34.6. The van der Waals surface area contributed by atoms with Gasteiger partial charge < -0.3 is 13.9 Å². The second kappa shape index (κ2) is 13.1. The number of aromatic nitrogens is 5. The highest BCUT2D eigenvalue weighted by atomic mass is 35.5. The first-order valence-electron chi connectivity index (χ1n) is 16.9. The van der Waals surface area contributed by atoms with E-state index >= 15 is 0 Å². The molecule has 260 valence electrons. The lowest BCUT2D eigenvalue weighted by Crippen LogP contribution is -2.43. The molecule has 0 bridgehead atoms. The lowest BCUT2D eigenvalue weighted by atomic mass is 9.58. The van der Waals surface area contributed by atoms with Gasteiger partial charge in [-0.15, -0.1) is 10.2 Å². The molecule has 0 amide bonds. The second-order valence-corrected chi connectivity index (χ2v) is 21.5. The zero-order valence-electron chi connectivity index (χ0n) is 28.7. The van der Waals surface area contributed by atoms with Crippen LogP contribution in [0.15, 0.2) is 41.6 Å². The molecule has 4 heterocycles. The lowest BCUT2D eigenvalue weighted by Gasteiger charge is -2.46. The molecule has 3 aromatic heterocycles. The third kappa shape index (κ3) is 6.90. The first kappa shape index (κ1) is 34.9. The van der Waals surface area contributed by atoms with Gasteiger partial charge >= 0.3 is 6.18 Å². The molecular weight excluding hydrogens is 657 g/mol. The average Bonchev–Trinajstić information content (AvgIpc) is 3.58. The van der Waals surface area contributed by atoms with E-state index in [1.807, 2.05) is 10.6 Å². The number of hydrogen-bond acceptors (Lipinski definition) is 5. The van der Waals surface area contributed by atoms with Crippen molar-refractivity contribution in [3.05, 3.63) is 74.8 Å². The van der Waals surface area contributed by atoms with Crippen LogP contribution in [-0.4, -0.2) is 56.6 Å². The van der Waals surface area contributed by atoms with E-state index in [0.29, 0.717) is 60.1 Å². The SMILES string of the molecule is CC1CC(c2cc(-n3cc(Cl)c4cc(CN5CCC[C@H](C)C5)n(COCC[Si](C)(C)C)c4c3=O)cc(C(F)(F)F)c2)(c2nncn2C)C1. The van der Waals surface area contributed by atoms with Crippen molar-refractivity contribution in [2.24, 2.45) is 18.9 Å². The molecule has 2 fully saturated rings. The molecule has 1 saturated carbocycles. The molecular formula is C35H46ClF3N6O2Si. The molecule has 6 rings (SSSR count). The van der Waals surface area contributed by atoms with Gasteiger partial charge in [-0.3, -0.25) is 14.3 Å². The van der Waals surface area contributed by atoms with Crippen molar-refractivity contribution in [1.29, 1.82) is 0 Å². The minimum absolute atomic E-state index is 0.105. The maximum atomic E-state index is 14.5. The summed E-state index contributed by atoms with van der Waals surface area (Å²) in [6, 6.07) is 6.83. The maximum absolute atomic E-state index is 14.5. The smallest absolute Gasteiger partial charge is 0.361 e. The van der Waals surface area contributed by atoms with Gasteiger partial charge in [-0.25, -0.2) is 0 Å². The summed E-state index contributed by atoms with van der Waals surface area (Å²) in [7, 11) is 0.439. The number of alkyl halides is 3. The monoisotopic (exact) mass is 702 g/mol. The molecule has 48 heavy (non-hydrogen) atoms. The molecule has 2 aliphatic rings. The Morgan fingerprint density at radius 3 is 2.48 bits per heavy atom. The number of hydrogen-bond donors (Lipinski definition) is 0. The number of rotatable bonds is 10. The van der Waals surface area contributed by atoms with Gasteiger partial charge in [0, 0.05) is 57.8 Å². The molecule has 1 aromatic carbocycles. The molecule has 0 radical (unpaired) electrons. The summed E-state index contributed by atoms with van der Waals surface area (Å²) in [4.78, 5) is 16.9. The Bertz CT molecular complexity index is 1850. The molecule has 1 atom stereocenters. The second-order valence-electron chi connectivity index (χ2n) is 15.4. The zero-order valence-corrected chi connectivity index (χ0v) is 30.5. The van der Waals surface area contributed by atoms with Gasteiger partial charge in [0.15, 0.2) is 0 Å². The molecule has 1 saturated heterocycles. The fourth-order valence-electron chi connectivity index (χ4n) is 7.62. The van der Waals surface area contributed by atoms with Gasteiger partial charge in [0.2, 0.25) is 0 Å². The van der Waals surface area contributed by atoms with Crippen LogP contribution in [0.25, 0.3) is 16.6 Å². The van der Waals surface area contributed by atoms with Crippen LogP contribution >= 0.6 is 11.6 Å². The maximum Gasteiger partial charge on any atom is 0.416 e. The van der Waals surface area contributed by atoms with Crippen molar-refractivity contribution in [2.75, 3.05) is 19.7 Å². The van der Waals surface area contributed by atoms with Gasteiger partial charge in [-0.2, -0.15) is 13.2 Å². The summed E-state index contributed by atoms with van der Waals surface area (Å²) in [5.74, 6) is 1.47. The van der Waals surface area contributed by atoms with Crippen molar-refractivity contribution in [3.63, 3.8) is 0 Å². The highest BCUT2D eigenvalue weighted by Crippen LogP contribution is 2.52. The minimum atomic E-state index is -4.64. The molecule has 1 aliphatic heterocycles. The first-order valence-corrected chi connectivity index (χ1v) is 21.0. The Kier molecular flexibility index (Phi) is 9.51. The third-order valence-corrected chi connectivity index (χ3v) is 12.1. The first-order chi connectivity index (χ1) is 22.6. The standard InChI is InChI=1S/C35H46ClF3N6O2Si/c1-23-8-7-9-43(18-23)19-28-15-29-30(36)20-44(32(46)31(29)45(28)22-47-10-11-48(4,5)6)27-13-25(12-26(14-27)35(37,38)39)34(16-24(2)17-34)33-41-40-21-42(33)3/h12-15,20-21,23-24H,7-11,16-19,22H2,1-6H3/t23-,24?,34?/m0/s1. The van der Waals surface area contributed by atoms with E-state index in [1.165, 1.54) is 23.3 Å². The van der Waals surface area contributed by atoms with Crippen molar-refractivity contribution in [3.8, 4) is 5.69 Å². The molecule has 0 spiro atoms. The summed E-state index contributed by atoms with van der Waals surface area (Å²) >= 11 is 6.91. The van der Waals surface area contributed by atoms with Gasteiger partial charge in [0.1, 0.15) is 24.4 Å². The number of halogens is 4. The fourth-order valence-corrected chi connectivity index (χ4v) is 8.62. The summed E-state index contributed by atoms with van der Waals surface area (Å²) in [5.41, 5.74) is -0.247. The van der Waals surface area contributed by atoms with E-state index in [1.54, 1.807) is 24.0 Å². The van der Waals surface area contributed by atoms with Crippen LogP contribution in [0.4, 0.5) is 13.2 Å². The van der Waals surface area contributed by atoms with Crippen molar-refractivity contribution >= 4 is 30.6 Å². The molecule has 0 N–H and O–H groups in total. The van der Waals surface area contributed by atoms with Gasteiger partial charge in [0.05, 0.1) is 16.0 Å². The van der Waals surface area contributed by atoms with Crippen LogP contribution in [-0.2, 0) is 36.7 Å². The largest absolute Gasteiger partial charge is 0.416 e. The Balaban J connectivity index is 1.49. The normalized spacial score (nSPS) is 22.4. The van der Waals surface area contributed by atoms with Crippen molar-refractivity contribution in [1.82, 2.24) is 28.8 Å².